The first-order valence-electron chi connectivity index (χ1n) is 8.35. The van der Waals surface area contributed by atoms with E-state index in [4.69, 9.17) is 27.9 Å². The van der Waals surface area contributed by atoms with E-state index in [1.54, 1.807) is 6.07 Å². The lowest BCUT2D eigenvalue weighted by molar-refractivity contribution is 0.357. The Balaban J connectivity index is 1.65. The molecule has 5 rings (SSSR count). The SMILES string of the molecule is Clc1cc(Cl)c2c(c1)-n1cccc1C(c1ccc3c(c1)CCO3)NC2. The molecule has 3 aromatic rings. The summed E-state index contributed by atoms with van der Waals surface area (Å²) in [5.41, 5.74) is 5.79. The van der Waals surface area contributed by atoms with Gasteiger partial charge in [-0.15, -0.1) is 0 Å². The third-order valence-corrected chi connectivity index (χ3v) is 5.56. The minimum atomic E-state index is 0.0862. The molecule has 0 fully saturated rings. The van der Waals surface area contributed by atoms with Gasteiger partial charge >= 0.3 is 0 Å². The summed E-state index contributed by atoms with van der Waals surface area (Å²) in [6.45, 7) is 1.46. The normalized spacial score (nSPS) is 18.1. The molecule has 0 aliphatic carbocycles. The topological polar surface area (TPSA) is 26.2 Å². The van der Waals surface area contributed by atoms with Crippen molar-refractivity contribution in [2.45, 2.75) is 19.0 Å². The predicted molar refractivity (Wildman–Crippen MR) is 100 cm³/mol. The highest BCUT2D eigenvalue weighted by molar-refractivity contribution is 6.35. The molecule has 5 heteroatoms. The van der Waals surface area contributed by atoms with Gasteiger partial charge in [0.2, 0.25) is 0 Å². The van der Waals surface area contributed by atoms with E-state index in [9.17, 15) is 0 Å². The number of fused-ring (bicyclic) bond motifs is 4. The average molecular weight is 371 g/mol. The van der Waals surface area contributed by atoms with E-state index in [1.165, 1.54) is 16.8 Å². The van der Waals surface area contributed by atoms with Gasteiger partial charge in [0.05, 0.1) is 18.3 Å². The number of hydrogen-bond acceptors (Lipinski definition) is 2. The van der Waals surface area contributed by atoms with Crippen molar-refractivity contribution >= 4 is 23.2 Å². The average Bonchev–Trinajstić information content (AvgIpc) is 3.22. The zero-order valence-electron chi connectivity index (χ0n) is 13.4. The van der Waals surface area contributed by atoms with Crippen LogP contribution >= 0.6 is 23.2 Å². The number of nitrogens with one attached hydrogen (secondary N) is 1. The van der Waals surface area contributed by atoms with Gasteiger partial charge in [0.1, 0.15) is 5.75 Å². The van der Waals surface area contributed by atoms with E-state index in [1.807, 2.05) is 6.07 Å². The number of hydrogen-bond donors (Lipinski definition) is 1. The summed E-state index contributed by atoms with van der Waals surface area (Å²) in [5, 5.41) is 5.00. The molecule has 0 radical (unpaired) electrons. The molecule has 25 heavy (non-hydrogen) atoms. The Morgan fingerprint density at radius 2 is 2.04 bits per heavy atom. The van der Waals surface area contributed by atoms with Crippen LogP contribution in [0, 0.1) is 0 Å². The van der Waals surface area contributed by atoms with Crippen LogP contribution in [0.3, 0.4) is 0 Å². The van der Waals surface area contributed by atoms with Gasteiger partial charge in [-0.1, -0.05) is 35.3 Å². The Hall–Kier alpha value is -1.94. The fourth-order valence-corrected chi connectivity index (χ4v) is 4.36. The molecular formula is C20H16Cl2N2O. The Labute approximate surface area is 156 Å². The number of aromatic nitrogens is 1. The van der Waals surface area contributed by atoms with Crippen molar-refractivity contribution < 1.29 is 4.74 Å². The molecule has 0 amide bonds. The number of benzene rings is 2. The van der Waals surface area contributed by atoms with Crippen molar-refractivity contribution in [3.8, 4) is 11.4 Å². The largest absolute Gasteiger partial charge is 0.493 e. The van der Waals surface area contributed by atoms with Gasteiger partial charge < -0.3 is 14.6 Å². The molecule has 2 aliphatic heterocycles. The zero-order chi connectivity index (χ0) is 17.0. The number of nitrogens with zero attached hydrogens (tertiary/aromatic N) is 1. The molecule has 3 nitrogen and oxygen atoms in total. The van der Waals surface area contributed by atoms with Crippen LogP contribution in [0.15, 0.2) is 48.7 Å². The predicted octanol–water partition coefficient (Wildman–Crippen LogP) is 4.91. The van der Waals surface area contributed by atoms with Crippen LogP contribution in [0.2, 0.25) is 10.0 Å². The van der Waals surface area contributed by atoms with Gasteiger partial charge in [-0.25, -0.2) is 0 Å². The fourth-order valence-electron chi connectivity index (χ4n) is 3.81. The summed E-state index contributed by atoms with van der Waals surface area (Å²) >= 11 is 12.7. The fraction of sp³-hybridized carbons (Fsp3) is 0.200. The number of rotatable bonds is 1. The van der Waals surface area contributed by atoms with Crippen molar-refractivity contribution in [1.82, 2.24) is 9.88 Å². The van der Waals surface area contributed by atoms with E-state index < -0.39 is 0 Å². The van der Waals surface area contributed by atoms with Crippen molar-refractivity contribution in [3.63, 3.8) is 0 Å². The first-order valence-corrected chi connectivity index (χ1v) is 9.11. The van der Waals surface area contributed by atoms with E-state index in [0.29, 0.717) is 16.6 Å². The Kier molecular flexibility index (Phi) is 3.56. The molecule has 1 atom stereocenters. The van der Waals surface area contributed by atoms with Crippen molar-refractivity contribution in [2.75, 3.05) is 6.61 Å². The molecule has 0 spiro atoms. The van der Waals surface area contributed by atoms with Gasteiger partial charge in [0.25, 0.3) is 0 Å². The quantitative estimate of drug-likeness (QED) is 0.658. The molecule has 0 bridgehead atoms. The summed E-state index contributed by atoms with van der Waals surface area (Å²) in [4.78, 5) is 0. The van der Waals surface area contributed by atoms with Crippen LogP contribution < -0.4 is 10.1 Å². The molecule has 126 valence electrons. The van der Waals surface area contributed by atoms with Crippen LogP contribution in [0.5, 0.6) is 5.75 Å². The van der Waals surface area contributed by atoms with E-state index in [-0.39, 0.29) is 6.04 Å². The minimum absolute atomic E-state index is 0.0862. The van der Waals surface area contributed by atoms with Crippen molar-refractivity contribution in [3.05, 3.63) is 81.1 Å². The Morgan fingerprint density at radius 3 is 2.96 bits per heavy atom. The lowest BCUT2D eigenvalue weighted by Gasteiger charge is -2.18. The summed E-state index contributed by atoms with van der Waals surface area (Å²) in [5.74, 6) is 1.01. The maximum Gasteiger partial charge on any atom is 0.122 e. The summed E-state index contributed by atoms with van der Waals surface area (Å²) in [6.07, 6.45) is 3.04. The molecule has 1 unspecified atom stereocenters. The second-order valence-electron chi connectivity index (χ2n) is 6.47. The summed E-state index contributed by atoms with van der Waals surface area (Å²) in [7, 11) is 0. The highest BCUT2D eigenvalue weighted by Gasteiger charge is 2.25. The first-order chi connectivity index (χ1) is 12.2. The first kappa shape index (κ1) is 15.3. The van der Waals surface area contributed by atoms with Gasteiger partial charge in [-0.3, -0.25) is 0 Å². The molecule has 0 saturated heterocycles. The number of ether oxygens (including phenoxy) is 1. The van der Waals surface area contributed by atoms with Crippen molar-refractivity contribution in [1.29, 1.82) is 0 Å². The second kappa shape index (κ2) is 5.80. The van der Waals surface area contributed by atoms with Crippen LogP contribution in [0.4, 0.5) is 0 Å². The Bertz CT molecular complexity index is 980. The standard InChI is InChI=1S/C20H16Cl2N2O/c21-14-9-16(22)15-11-23-20(17-2-1-6-24(17)18(15)10-14)13-3-4-19-12(8-13)5-7-25-19/h1-4,6,8-10,20,23H,5,7,11H2. The molecule has 2 aliphatic rings. The highest BCUT2D eigenvalue weighted by atomic mass is 35.5. The molecule has 1 aromatic heterocycles. The van der Waals surface area contributed by atoms with Crippen LogP contribution in [0.25, 0.3) is 5.69 Å². The molecule has 2 aromatic carbocycles. The summed E-state index contributed by atoms with van der Waals surface area (Å²) < 4.78 is 7.82. The van der Waals surface area contributed by atoms with Crippen LogP contribution in [0.1, 0.15) is 28.4 Å². The van der Waals surface area contributed by atoms with Crippen LogP contribution in [-0.4, -0.2) is 11.2 Å². The second-order valence-corrected chi connectivity index (χ2v) is 7.31. The van der Waals surface area contributed by atoms with E-state index in [0.717, 1.165) is 30.0 Å². The third kappa shape index (κ3) is 2.46. The van der Waals surface area contributed by atoms with Gasteiger partial charge in [0, 0.05) is 40.5 Å². The van der Waals surface area contributed by atoms with E-state index in [2.05, 4.69) is 46.4 Å². The lowest BCUT2D eigenvalue weighted by atomic mass is 10.00. The van der Waals surface area contributed by atoms with Crippen molar-refractivity contribution in [2.24, 2.45) is 0 Å². The molecule has 3 heterocycles. The van der Waals surface area contributed by atoms with Crippen LogP contribution in [-0.2, 0) is 13.0 Å². The Morgan fingerprint density at radius 1 is 1.12 bits per heavy atom. The molecular weight excluding hydrogens is 355 g/mol. The third-order valence-electron chi connectivity index (χ3n) is 5.00. The molecule has 0 saturated carbocycles. The monoisotopic (exact) mass is 370 g/mol. The van der Waals surface area contributed by atoms with Gasteiger partial charge in [-0.05, 0) is 41.5 Å². The van der Waals surface area contributed by atoms with E-state index >= 15 is 0 Å². The zero-order valence-corrected chi connectivity index (χ0v) is 14.9. The number of halogens is 2. The summed E-state index contributed by atoms with van der Waals surface area (Å²) in [6, 6.07) is 14.5. The smallest absolute Gasteiger partial charge is 0.122 e. The lowest BCUT2D eigenvalue weighted by Crippen LogP contribution is -2.21. The maximum atomic E-state index is 6.47. The maximum absolute atomic E-state index is 6.47. The minimum Gasteiger partial charge on any atom is -0.493 e. The molecule has 1 N–H and O–H groups in total. The van der Waals surface area contributed by atoms with Gasteiger partial charge in [-0.2, -0.15) is 0 Å². The van der Waals surface area contributed by atoms with Gasteiger partial charge in [0.15, 0.2) is 0 Å². The highest BCUT2D eigenvalue weighted by Crippen LogP contribution is 2.36.